The second kappa shape index (κ2) is 6.55. The summed E-state index contributed by atoms with van der Waals surface area (Å²) in [6.45, 7) is 1.60. The molecule has 0 fully saturated rings. The van der Waals surface area contributed by atoms with Gasteiger partial charge in [-0.15, -0.1) is 0 Å². The third-order valence-electron chi connectivity index (χ3n) is 2.89. The highest BCUT2D eigenvalue weighted by Crippen LogP contribution is 2.17. The van der Waals surface area contributed by atoms with Gasteiger partial charge in [-0.1, -0.05) is 35.9 Å². The van der Waals surface area contributed by atoms with Gasteiger partial charge in [0, 0.05) is 25.2 Å². The predicted molar refractivity (Wildman–Crippen MR) is 80.4 cm³/mol. The minimum atomic E-state index is 0.792. The van der Waals surface area contributed by atoms with Crippen LogP contribution in [0.25, 0.3) is 0 Å². The maximum Gasteiger partial charge on any atom is 0.126 e. The number of nitrogens with zero attached hydrogens (tertiary/aromatic N) is 2. The molecule has 0 spiro atoms. The van der Waals surface area contributed by atoms with Gasteiger partial charge >= 0.3 is 0 Å². The van der Waals surface area contributed by atoms with E-state index in [1.54, 1.807) is 0 Å². The third-order valence-corrected chi connectivity index (χ3v) is 3.26. The van der Waals surface area contributed by atoms with Crippen molar-refractivity contribution in [1.29, 1.82) is 0 Å². The van der Waals surface area contributed by atoms with Crippen molar-refractivity contribution in [2.24, 2.45) is 0 Å². The molecule has 0 saturated heterocycles. The highest BCUT2D eigenvalue weighted by atomic mass is 35.5. The predicted octanol–water partition coefficient (Wildman–Crippen LogP) is 3.41. The van der Waals surface area contributed by atoms with Crippen LogP contribution in [0.3, 0.4) is 0 Å². The first-order valence-electron chi connectivity index (χ1n) is 6.24. The van der Waals surface area contributed by atoms with Gasteiger partial charge < -0.3 is 5.32 Å². The summed E-state index contributed by atoms with van der Waals surface area (Å²) in [5.41, 5.74) is 2.18. The molecule has 3 nitrogen and oxygen atoms in total. The fourth-order valence-electron chi connectivity index (χ4n) is 1.96. The summed E-state index contributed by atoms with van der Waals surface area (Å²) in [4.78, 5) is 6.71. The van der Waals surface area contributed by atoms with Crippen LogP contribution in [0.15, 0.2) is 42.5 Å². The molecular weight excluding hydrogens is 258 g/mol. The Morgan fingerprint density at radius 3 is 2.63 bits per heavy atom. The number of halogens is 1. The number of pyridine rings is 1. The molecule has 1 heterocycles. The smallest absolute Gasteiger partial charge is 0.126 e. The van der Waals surface area contributed by atoms with Crippen LogP contribution in [-0.2, 0) is 13.1 Å². The number of nitrogens with one attached hydrogen (secondary N) is 1. The van der Waals surface area contributed by atoms with Crippen molar-refractivity contribution < 1.29 is 0 Å². The van der Waals surface area contributed by atoms with E-state index in [4.69, 9.17) is 11.6 Å². The molecule has 1 N–H and O–H groups in total. The van der Waals surface area contributed by atoms with Crippen LogP contribution in [0, 0.1) is 0 Å². The van der Waals surface area contributed by atoms with Gasteiger partial charge in [-0.05, 0) is 30.8 Å². The van der Waals surface area contributed by atoms with Crippen LogP contribution in [0.1, 0.15) is 11.3 Å². The Balaban J connectivity index is 2.01. The molecule has 2 aromatic rings. The van der Waals surface area contributed by atoms with Crippen LogP contribution < -0.4 is 5.32 Å². The second-order valence-corrected chi connectivity index (χ2v) is 4.94. The number of anilines is 1. The van der Waals surface area contributed by atoms with Gasteiger partial charge in [-0.3, -0.25) is 4.90 Å². The minimum Gasteiger partial charge on any atom is -0.373 e. The Bertz CT molecular complexity index is 542. The first-order valence-corrected chi connectivity index (χ1v) is 6.62. The summed E-state index contributed by atoms with van der Waals surface area (Å²) in [7, 11) is 3.94. The molecule has 0 aliphatic rings. The summed E-state index contributed by atoms with van der Waals surface area (Å²) in [5.74, 6) is 0.892. The zero-order chi connectivity index (χ0) is 13.7. The Hall–Kier alpha value is -1.58. The monoisotopic (exact) mass is 275 g/mol. The number of aromatic nitrogens is 1. The highest BCUT2D eigenvalue weighted by Gasteiger charge is 2.05. The minimum absolute atomic E-state index is 0.792. The van der Waals surface area contributed by atoms with Gasteiger partial charge in [0.25, 0.3) is 0 Å². The lowest BCUT2D eigenvalue weighted by Gasteiger charge is -2.17. The number of rotatable bonds is 5. The first kappa shape index (κ1) is 13.8. The number of hydrogen-bond acceptors (Lipinski definition) is 3. The molecule has 0 radical (unpaired) electrons. The van der Waals surface area contributed by atoms with E-state index >= 15 is 0 Å². The fraction of sp³-hybridized carbons (Fsp3) is 0.267. The van der Waals surface area contributed by atoms with E-state index in [0.29, 0.717) is 0 Å². The van der Waals surface area contributed by atoms with E-state index in [1.165, 1.54) is 0 Å². The average molecular weight is 276 g/mol. The summed E-state index contributed by atoms with van der Waals surface area (Å²) in [5, 5.41) is 3.86. The van der Waals surface area contributed by atoms with Crippen LogP contribution in [0.4, 0.5) is 5.82 Å². The molecule has 0 amide bonds. The maximum atomic E-state index is 6.17. The quantitative estimate of drug-likeness (QED) is 0.906. The Morgan fingerprint density at radius 2 is 1.89 bits per heavy atom. The van der Waals surface area contributed by atoms with Gasteiger partial charge in [0.15, 0.2) is 0 Å². The normalized spacial score (nSPS) is 10.7. The maximum absolute atomic E-state index is 6.17. The zero-order valence-corrected chi connectivity index (χ0v) is 12.0. The lowest BCUT2D eigenvalue weighted by molar-refractivity contribution is 0.315. The van der Waals surface area contributed by atoms with Crippen molar-refractivity contribution in [1.82, 2.24) is 9.88 Å². The van der Waals surface area contributed by atoms with E-state index in [0.717, 1.165) is 35.2 Å². The molecule has 4 heteroatoms. The van der Waals surface area contributed by atoms with Crippen LogP contribution >= 0.6 is 11.6 Å². The molecule has 1 aromatic heterocycles. The summed E-state index contributed by atoms with van der Waals surface area (Å²) in [6.07, 6.45) is 0. The summed E-state index contributed by atoms with van der Waals surface area (Å²) >= 11 is 6.17. The number of hydrogen-bond donors (Lipinski definition) is 1. The lowest BCUT2D eigenvalue weighted by atomic mass is 10.2. The Kier molecular flexibility index (Phi) is 4.77. The highest BCUT2D eigenvalue weighted by molar-refractivity contribution is 6.31. The van der Waals surface area contributed by atoms with Gasteiger partial charge in [-0.25, -0.2) is 4.98 Å². The molecule has 0 aliphatic carbocycles. The van der Waals surface area contributed by atoms with Crippen molar-refractivity contribution in [2.45, 2.75) is 13.1 Å². The molecule has 0 saturated carbocycles. The molecule has 0 atom stereocenters. The molecule has 2 rings (SSSR count). The van der Waals surface area contributed by atoms with Crippen molar-refractivity contribution in [3.05, 3.63) is 58.7 Å². The molecule has 0 aliphatic heterocycles. The lowest BCUT2D eigenvalue weighted by Crippen LogP contribution is -2.18. The van der Waals surface area contributed by atoms with Gasteiger partial charge in [0.2, 0.25) is 0 Å². The van der Waals surface area contributed by atoms with E-state index in [9.17, 15) is 0 Å². The topological polar surface area (TPSA) is 28.2 Å². The Labute approximate surface area is 119 Å². The van der Waals surface area contributed by atoms with Gasteiger partial charge in [0.1, 0.15) is 5.82 Å². The molecule has 100 valence electrons. The third kappa shape index (κ3) is 3.94. The van der Waals surface area contributed by atoms with Crippen LogP contribution in [-0.4, -0.2) is 24.0 Å². The molecule has 0 unspecified atom stereocenters. The van der Waals surface area contributed by atoms with Crippen molar-refractivity contribution in [3.63, 3.8) is 0 Å². The zero-order valence-electron chi connectivity index (χ0n) is 11.2. The molecule has 0 bridgehead atoms. The van der Waals surface area contributed by atoms with E-state index in [2.05, 4.69) is 28.3 Å². The van der Waals surface area contributed by atoms with Crippen molar-refractivity contribution in [2.75, 3.05) is 19.4 Å². The van der Waals surface area contributed by atoms with Gasteiger partial charge in [-0.2, -0.15) is 0 Å². The largest absolute Gasteiger partial charge is 0.373 e. The van der Waals surface area contributed by atoms with E-state index in [-0.39, 0.29) is 0 Å². The van der Waals surface area contributed by atoms with E-state index in [1.807, 2.05) is 43.4 Å². The summed E-state index contributed by atoms with van der Waals surface area (Å²) < 4.78 is 0. The summed E-state index contributed by atoms with van der Waals surface area (Å²) in [6, 6.07) is 13.9. The van der Waals surface area contributed by atoms with Crippen molar-refractivity contribution >= 4 is 17.4 Å². The SMILES string of the molecule is CNc1cccc(CN(C)Cc2ccccc2Cl)n1. The first-order chi connectivity index (χ1) is 9.19. The molecular formula is C15H18ClN3. The standard InChI is InChI=1S/C15H18ClN3/c1-17-15-9-5-7-13(18-15)11-19(2)10-12-6-3-4-8-14(12)16/h3-9H,10-11H2,1-2H3,(H,17,18). The fourth-order valence-corrected chi connectivity index (χ4v) is 2.15. The van der Waals surface area contributed by atoms with Gasteiger partial charge in [0.05, 0.1) is 5.69 Å². The van der Waals surface area contributed by atoms with Crippen LogP contribution in [0.5, 0.6) is 0 Å². The Morgan fingerprint density at radius 1 is 1.11 bits per heavy atom. The van der Waals surface area contributed by atoms with Crippen LogP contribution in [0.2, 0.25) is 5.02 Å². The number of benzene rings is 1. The molecule has 19 heavy (non-hydrogen) atoms. The van der Waals surface area contributed by atoms with Crippen molar-refractivity contribution in [3.8, 4) is 0 Å². The molecule has 1 aromatic carbocycles. The van der Waals surface area contributed by atoms with E-state index < -0.39 is 0 Å². The average Bonchev–Trinajstić information content (AvgIpc) is 2.41. The second-order valence-electron chi connectivity index (χ2n) is 4.53.